The van der Waals surface area contributed by atoms with Crippen molar-refractivity contribution >= 4 is 55.4 Å². The molecule has 0 aliphatic rings. The van der Waals surface area contributed by atoms with Crippen molar-refractivity contribution in [2.24, 2.45) is 0 Å². The first-order valence-corrected chi connectivity index (χ1v) is 10.1. The molecule has 0 spiro atoms. The van der Waals surface area contributed by atoms with Crippen molar-refractivity contribution < 1.29 is 14.0 Å². The molecule has 0 saturated carbocycles. The molecule has 0 heterocycles. The van der Waals surface area contributed by atoms with Crippen LogP contribution in [0.25, 0.3) is 6.08 Å². The molecule has 2 N–H and O–H groups in total. The summed E-state index contributed by atoms with van der Waals surface area (Å²) in [5.74, 6) is -1.90. The predicted molar refractivity (Wildman–Crippen MR) is 119 cm³/mol. The van der Waals surface area contributed by atoms with Crippen LogP contribution >= 0.6 is 31.9 Å². The predicted octanol–water partition coefficient (Wildman–Crippen LogP) is 5.76. The van der Waals surface area contributed by atoms with Crippen LogP contribution in [0, 0.1) is 5.82 Å². The molecule has 3 aromatic carbocycles. The molecule has 7 heteroatoms. The second kappa shape index (κ2) is 9.62. The molecular formula is C22H15Br2FN2O2. The van der Waals surface area contributed by atoms with Crippen LogP contribution < -0.4 is 10.6 Å². The van der Waals surface area contributed by atoms with Crippen molar-refractivity contribution in [3.8, 4) is 0 Å². The fourth-order valence-corrected chi connectivity index (χ4v) is 2.98. The average molecular weight is 518 g/mol. The molecule has 146 valence electrons. The van der Waals surface area contributed by atoms with E-state index in [1.165, 1.54) is 24.3 Å². The van der Waals surface area contributed by atoms with Gasteiger partial charge in [-0.2, -0.15) is 0 Å². The van der Waals surface area contributed by atoms with E-state index in [1.807, 2.05) is 12.1 Å². The Hall–Kier alpha value is -2.77. The fraction of sp³-hybridized carbons (Fsp3) is 0. The van der Waals surface area contributed by atoms with Gasteiger partial charge >= 0.3 is 0 Å². The first-order chi connectivity index (χ1) is 13.9. The molecule has 3 rings (SSSR count). The van der Waals surface area contributed by atoms with Crippen LogP contribution in [0.5, 0.6) is 0 Å². The van der Waals surface area contributed by atoms with Crippen molar-refractivity contribution in [1.82, 2.24) is 5.32 Å². The number of hydrogen-bond acceptors (Lipinski definition) is 2. The Morgan fingerprint density at radius 2 is 1.41 bits per heavy atom. The van der Waals surface area contributed by atoms with Gasteiger partial charge in [0, 0.05) is 14.6 Å². The van der Waals surface area contributed by atoms with Gasteiger partial charge in [-0.05, 0) is 60.2 Å². The summed E-state index contributed by atoms with van der Waals surface area (Å²) < 4.78 is 15.7. The van der Waals surface area contributed by atoms with E-state index in [1.54, 1.807) is 42.5 Å². The minimum atomic E-state index is -0.711. The number of amides is 2. The minimum absolute atomic E-state index is 0.0107. The summed E-state index contributed by atoms with van der Waals surface area (Å²) in [7, 11) is 0. The second-order valence-electron chi connectivity index (χ2n) is 6.00. The van der Waals surface area contributed by atoms with Crippen molar-refractivity contribution in [2.45, 2.75) is 0 Å². The van der Waals surface area contributed by atoms with E-state index in [0.29, 0.717) is 11.3 Å². The maximum atomic E-state index is 14.0. The van der Waals surface area contributed by atoms with Crippen molar-refractivity contribution in [3.05, 3.63) is 104 Å². The lowest BCUT2D eigenvalue weighted by Crippen LogP contribution is -2.31. The highest BCUT2D eigenvalue weighted by molar-refractivity contribution is 9.10. The summed E-state index contributed by atoms with van der Waals surface area (Å²) in [5, 5.41) is 5.24. The quantitative estimate of drug-likeness (QED) is 0.423. The molecule has 0 bridgehead atoms. The van der Waals surface area contributed by atoms with Crippen molar-refractivity contribution in [2.75, 3.05) is 5.32 Å². The van der Waals surface area contributed by atoms with Gasteiger partial charge in [0.2, 0.25) is 0 Å². The number of benzene rings is 3. The third-order valence-corrected chi connectivity index (χ3v) is 4.95. The van der Waals surface area contributed by atoms with Gasteiger partial charge in [0.1, 0.15) is 11.5 Å². The van der Waals surface area contributed by atoms with Gasteiger partial charge < -0.3 is 10.6 Å². The Morgan fingerprint density at radius 1 is 0.828 bits per heavy atom. The van der Waals surface area contributed by atoms with Gasteiger partial charge in [0.05, 0.1) is 5.56 Å². The van der Waals surface area contributed by atoms with Crippen LogP contribution in [0.1, 0.15) is 15.9 Å². The zero-order valence-corrected chi connectivity index (χ0v) is 18.1. The van der Waals surface area contributed by atoms with Gasteiger partial charge in [0.15, 0.2) is 0 Å². The molecule has 0 unspecified atom stereocenters. The van der Waals surface area contributed by atoms with E-state index >= 15 is 0 Å². The average Bonchev–Trinajstić information content (AvgIpc) is 2.71. The normalized spacial score (nSPS) is 11.1. The molecular weight excluding hydrogens is 503 g/mol. The SMILES string of the molecule is O=C(Nc1ccc(Br)cc1)/C(=C\c1ccc(Br)cc1)NC(=O)c1ccccc1F. The van der Waals surface area contributed by atoms with Gasteiger partial charge in [0.25, 0.3) is 11.8 Å². The molecule has 4 nitrogen and oxygen atoms in total. The molecule has 0 fully saturated rings. The Kier molecular flexibility index (Phi) is 6.95. The Morgan fingerprint density at radius 3 is 2.03 bits per heavy atom. The number of rotatable bonds is 5. The Labute approximate surface area is 184 Å². The molecule has 0 atom stereocenters. The van der Waals surface area contributed by atoms with Gasteiger partial charge in [-0.1, -0.05) is 56.1 Å². The largest absolute Gasteiger partial charge is 0.321 e. The highest BCUT2D eigenvalue weighted by Crippen LogP contribution is 2.17. The molecule has 0 aliphatic heterocycles. The van der Waals surface area contributed by atoms with E-state index in [4.69, 9.17) is 0 Å². The molecule has 0 radical (unpaired) electrons. The number of halogens is 3. The number of carbonyl (C=O) groups excluding carboxylic acids is 2. The summed E-state index contributed by atoms with van der Waals surface area (Å²) >= 11 is 6.69. The summed E-state index contributed by atoms with van der Waals surface area (Å²) in [6.45, 7) is 0. The lowest BCUT2D eigenvalue weighted by atomic mass is 10.1. The zero-order chi connectivity index (χ0) is 20.8. The number of carbonyl (C=O) groups is 2. The Balaban J connectivity index is 1.89. The van der Waals surface area contributed by atoms with Crippen LogP contribution in [0.2, 0.25) is 0 Å². The number of anilines is 1. The molecule has 0 aliphatic carbocycles. The smallest absolute Gasteiger partial charge is 0.272 e. The monoisotopic (exact) mass is 516 g/mol. The summed E-state index contributed by atoms with van der Waals surface area (Å²) in [6, 6.07) is 19.8. The van der Waals surface area contributed by atoms with E-state index in [0.717, 1.165) is 8.95 Å². The molecule has 0 saturated heterocycles. The fourth-order valence-electron chi connectivity index (χ4n) is 2.45. The van der Waals surface area contributed by atoms with Crippen LogP contribution in [0.4, 0.5) is 10.1 Å². The van der Waals surface area contributed by atoms with E-state index in [2.05, 4.69) is 42.5 Å². The maximum Gasteiger partial charge on any atom is 0.272 e. The van der Waals surface area contributed by atoms with Crippen LogP contribution in [0.15, 0.2) is 87.4 Å². The number of hydrogen-bond donors (Lipinski definition) is 2. The van der Waals surface area contributed by atoms with E-state index in [9.17, 15) is 14.0 Å². The first kappa shape index (κ1) is 21.0. The van der Waals surface area contributed by atoms with Crippen LogP contribution in [-0.4, -0.2) is 11.8 Å². The second-order valence-corrected chi connectivity index (χ2v) is 7.84. The van der Waals surface area contributed by atoms with Crippen LogP contribution in [0.3, 0.4) is 0 Å². The lowest BCUT2D eigenvalue weighted by Gasteiger charge is -2.12. The summed E-state index contributed by atoms with van der Waals surface area (Å²) in [5.41, 5.74) is 1.09. The highest BCUT2D eigenvalue weighted by Gasteiger charge is 2.17. The van der Waals surface area contributed by atoms with Gasteiger partial charge in [-0.25, -0.2) is 4.39 Å². The third kappa shape index (κ3) is 5.85. The standard InChI is InChI=1S/C22H15Br2FN2O2/c23-15-7-5-14(6-8-15)13-20(22(29)26-17-11-9-16(24)10-12-17)27-21(28)18-3-1-2-4-19(18)25/h1-13H,(H,26,29)(H,27,28)/b20-13+. The van der Waals surface area contributed by atoms with E-state index in [-0.39, 0.29) is 11.3 Å². The topological polar surface area (TPSA) is 58.2 Å². The number of nitrogens with one attached hydrogen (secondary N) is 2. The highest BCUT2D eigenvalue weighted by atomic mass is 79.9. The van der Waals surface area contributed by atoms with Crippen molar-refractivity contribution in [1.29, 1.82) is 0 Å². The summed E-state index contributed by atoms with van der Waals surface area (Å²) in [6.07, 6.45) is 1.53. The lowest BCUT2D eigenvalue weighted by molar-refractivity contribution is -0.113. The molecule has 3 aromatic rings. The summed E-state index contributed by atoms with van der Waals surface area (Å²) in [4.78, 5) is 25.3. The van der Waals surface area contributed by atoms with Crippen LogP contribution in [-0.2, 0) is 4.79 Å². The Bertz CT molecular complexity index is 1060. The van der Waals surface area contributed by atoms with Crippen molar-refractivity contribution in [3.63, 3.8) is 0 Å². The molecule has 2 amide bonds. The third-order valence-electron chi connectivity index (χ3n) is 3.89. The van der Waals surface area contributed by atoms with Gasteiger partial charge in [-0.3, -0.25) is 9.59 Å². The molecule has 0 aromatic heterocycles. The molecule has 29 heavy (non-hydrogen) atoms. The maximum absolute atomic E-state index is 14.0. The van der Waals surface area contributed by atoms with E-state index < -0.39 is 17.6 Å². The zero-order valence-electron chi connectivity index (χ0n) is 15.0. The van der Waals surface area contributed by atoms with Gasteiger partial charge in [-0.15, -0.1) is 0 Å². The minimum Gasteiger partial charge on any atom is -0.321 e. The first-order valence-electron chi connectivity index (χ1n) is 8.52.